The molecule has 0 aromatic heterocycles. The molecule has 1 aromatic rings. The minimum atomic E-state index is -0.509. The number of hydrogen-bond acceptors (Lipinski definition) is 6. The maximum absolute atomic E-state index is 12.0. The molecule has 6 nitrogen and oxygen atoms in total. The molecule has 1 aliphatic rings. The van der Waals surface area contributed by atoms with Crippen LogP contribution in [0.5, 0.6) is 11.5 Å². The van der Waals surface area contributed by atoms with Gasteiger partial charge in [-0.05, 0) is 31.8 Å². The highest BCUT2D eigenvalue weighted by molar-refractivity contribution is 5.78. The van der Waals surface area contributed by atoms with Crippen LogP contribution in [0.3, 0.4) is 0 Å². The number of nitrogens with one attached hydrogen (secondary N) is 1. The first kappa shape index (κ1) is 15.6. The van der Waals surface area contributed by atoms with Crippen LogP contribution in [0.2, 0.25) is 0 Å². The Hall–Kier alpha value is -1.79. The highest BCUT2D eigenvalue weighted by atomic mass is 16.6. The van der Waals surface area contributed by atoms with Gasteiger partial charge in [0.15, 0.2) is 11.5 Å². The molecule has 0 fully saturated rings. The molecule has 0 bridgehead atoms. The van der Waals surface area contributed by atoms with Gasteiger partial charge >= 0.3 is 5.97 Å². The van der Waals surface area contributed by atoms with Gasteiger partial charge in [-0.1, -0.05) is 6.07 Å². The van der Waals surface area contributed by atoms with E-state index in [4.69, 9.17) is 14.2 Å². The van der Waals surface area contributed by atoms with Crippen molar-refractivity contribution in [2.24, 2.45) is 0 Å². The average Bonchev–Trinajstić information content (AvgIpc) is 2.50. The largest absolute Gasteiger partial charge is 0.486 e. The predicted molar refractivity (Wildman–Crippen MR) is 78.7 cm³/mol. The smallest absolute Gasteiger partial charge is 0.327 e. The van der Waals surface area contributed by atoms with Crippen LogP contribution in [0, 0.1) is 0 Å². The van der Waals surface area contributed by atoms with E-state index in [0.717, 1.165) is 12.1 Å². The summed E-state index contributed by atoms with van der Waals surface area (Å²) < 4.78 is 15.9. The lowest BCUT2D eigenvalue weighted by atomic mass is 10.1. The molecule has 1 heterocycles. The van der Waals surface area contributed by atoms with E-state index in [0.29, 0.717) is 31.3 Å². The van der Waals surface area contributed by atoms with E-state index in [1.165, 1.54) is 7.11 Å². The summed E-state index contributed by atoms with van der Waals surface area (Å²) in [5.41, 5.74) is 0.810. The van der Waals surface area contributed by atoms with Crippen LogP contribution in [0.25, 0.3) is 0 Å². The number of fused-ring (bicyclic) bond motifs is 1. The maximum atomic E-state index is 12.0. The Morgan fingerprint density at radius 3 is 2.71 bits per heavy atom. The number of hydrogen-bond donors (Lipinski definition) is 1. The third-order valence-electron chi connectivity index (χ3n) is 3.24. The number of ether oxygens (including phenoxy) is 3. The number of carbonyl (C=O) groups is 1. The van der Waals surface area contributed by atoms with Crippen LogP contribution in [0.15, 0.2) is 18.2 Å². The second-order valence-corrected chi connectivity index (χ2v) is 5.12. The first-order chi connectivity index (χ1) is 10.1. The van der Waals surface area contributed by atoms with Crippen LogP contribution in [-0.2, 0) is 9.53 Å². The fourth-order valence-electron chi connectivity index (χ4n) is 2.13. The van der Waals surface area contributed by atoms with Crippen molar-refractivity contribution in [2.45, 2.75) is 6.04 Å². The highest BCUT2D eigenvalue weighted by Gasteiger charge is 2.23. The predicted octanol–water partition coefficient (Wildman–Crippen LogP) is 0.823. The van der Waals surface area contributed by atoms with E-state index >= 15 is 0 Å². The number of nitrogens with zero attached hydrogens (tertiary/aromatic N) is 1. The van der Waals surface area contributed by atoms with Gasteiger partial charge in [-0.3, -0.25) is 5.32 Å². The van der Waals surface area contributed by atoms with Crippen molar-refractivity contribution in [3.8, 4) is 11.5 Å². The van der Waals surface area contributed by atoms with E-state index in [9.17, 15) is 4.79 Å². The van der Waals surface area contributed by atoms with Gasteiger partial charge in [-0.25, -0.2) is 4.79 Å². The Labute approximate surface area is 125 Å². The molecular formula is C15H22N2O4. The molecule has 0 saturated carbocycles. The van der Waals surface area contributed by atoms with Gasteiger partial charge in [0.25, 0.3) is 0 Å². The second kappa shape index (κ2) is 7.28. The Morgan fingerprint density at radius 1 is 1.33 bits per heavy atom. The Bertz CT molecular complexity index is 491. The van der Waals surface area contributed by atoms with Gasteiger partial charge in [0, 0.05) is 13.1 Å². The lowest BCUT2D eigenvalue weighted by Crippen LogP contribution is -2.34. The van der Waals surface area contributed by atoms with Crippen LogP contribution in [0.4, 0.5) is 0 Å². The van der Waals surface area contributed by atoms with Crippen LogP contribution >= 0.6 is 0 Å². The molecule has 0 spiro atoms. The molecule has 1 unspecified atom stereocenters. The maximum Gasteiger partial charge on any atom is 0.327 e. The summed E-state index contributed by atoms with van der Waals surface area (Å²) in [7, 11) is 5.36. The summed E-state index contributed by atoms with van der Waals surface area (Å²) in [6.45, 7) is 2.58. The molecule has 1 aliphatic heterocycles. The van der Waals surface area contributed by atoms with Gasteiger partial charge in [0.05, 0.1) is 7.11 Å². The Kier molecular flexibility index (Phi) is 5.41. The fourth-order valence-corrected chi connectivity index (χ4v) is 2.13. The van der Waals surface area contributed by atoms with Crippen LogP contribution in [0.1, 0.15) is 11.6 Å². The number of carbonyl (C=O) groups excluding carboxylic acids is 1. The summed E-state index contributed by atoms with van der Waals surface area (Å²) in [6, 6.07) is 5.01. The van der Waals surface area contributed by atoms with Gasteiger partial charge in [-0.15, -0.1) is 0 Å². The molecule has 0 radical (unpaired) electrons. The third kappa shape index (κ3) is 4.09. The number of rotatable bonds is 6. The van der Waals surface area contributed by atoms with Crippen LogP contribution < -0.4 is 14.8 Å². The number of benzene rings is 1. The third-order valence-corrected chi connectivity index (χ3v) is 3.24. The van der Waals surface area contributed by atoms with E-state index in [1.807, 2.05) is 37.2 Å². The zero-order valence-corrected chi connectivity index (χ0v) is 12.7. The standard InChI is InChI=1S/C15H22N2O4/c1-17(2)7-6-16-14(15(18)19-3)11-4-5-12-13(10-11)21-9-8-20-12/h4-5,10,14,16H,6-9H2,1-3H3. The van der Waals surface area contributed by atoms with Gasteiger partial charge in [0.1, 0.15) is 19.3 Å². The molecule has 6 heteroatoms. The fraction of sp³-hybridized carbons (Fsp3) is 0.533. The lowest BCUT2D eigenvalue weighted by Gasteiger charge is -2.22. The molecule has 1 atom stereocenters. The minimum absolute atomic E-state index is 0.314. The average molecular weight is 294 g/mol. The van der Waals surface area contributed by atoms with Crippen molar-refractivity contribution in [3.63, 3.8) is 0 Å². The van der Waals surface area contributed by atoms with Crippen molar-refractivity contribution >= 4 is 5.97 Å². The Morgan fingerprint density at radius 2 is 2.05 bits per heavy atom. The summed E-state index contributed by atoms with van der Waals surface area (Å²) in [5, 5.41) is 3.21. The number of likely N-dealkylation sites (N-methyl/N-ethyl adjacent to an activating group) is 1. The molecule has 1 N–H and O–H groups in total. The van der Waals surface area contributed by atoms with Gasteiger partial charge < -0.3 is 19.1 Å². The van der Waals surface area contributed by atoms with E-state index < -0.39 is 6.04 Å². The molecular weight excluding hydrogens is 272 g/mol. The van der Waals surface area contributed by atoms with E-state index in [1.54, 1.807) is 0 Å². The van der Waals surface area contributed by atoms with Crippen molar-refractivity contribution < 1.29 is 19.0 Å². The minimum Gasteiger partial charge on any atom is -0.486 e. The van der Waals surface area contributed by atoms with Gasteiger partial charge in [-0.2, -0.15) is 0 Å². The van der Waals surface area contributed by atoms with Crippen molar-refractivity contribution in [1.82, 2.24) is 10.2 Å². The zero-order chi connectivity index (χ0) is 15.2. The zero-order valence-electron chi connectivity index (χ0n) is 12.7. The molecule has 2 rings (SSSR count). The summed E-state index contributed by atoms with van der Waals surface area (Å²) in [4.78, 5) is 14.0. The monoisotopic (exact) mass is 294 g/mol. The van der Waals surface area contributed by atoms with E-state index in [-0.39, 0.29) is 5.97 Å². The molecule has 0 amide bonds. The molecule has 116 valence electrons. The normalized spacial score (nSPS) is 14.9. The first-order valence-electron chi connectivity index (χ1n) is 6.97. The summed E-state index contributed by atoms with van der Waals surface area (Å²) in [6.07, 6.45) is 0. The summed E-state index contributed by atoms with van der Waals surface area (Å²) in [5.74, 6) is 1.06. The molecule has 21 heavy (non-hydrogen) atoms. The molecule has 0 saturated heterocycles. The van der Waals surface area contributed by atoms with E-state index in [2.05, 4.69) is 5.32 Å². The first-order valence-corrected chi connectivity index (χ1v) is 6.97. The topological polar surface area (TPSA) is 60.0 Å². The SMILES string of the molecule is COC(=O)C(NCCN(C)C)c1ccc2c(c1)OCCO2. The quantitative estimate of drug-likeness (QED) is 0.784. The molecule has 0 aliphatic carbocycles. The van der Waals surface area contributed by atoms with Crippen molar-refractivity contribution in [3.05, 3.63) is 23.8 Å². The lowest BCUT2D eigenvalue weighted by molar-refractivity contribution is -0.143. The van der Waals surface area contributed by atoms with Crippen molar-refractivity contribution in [1.29, 1.82) is 0 Å². The number of methoxy groups -OCH3 is 1. The molecule has 1 aromatic carbocycles. The van der Waals surface area contributed by atoms with Gasteiger partial charge in [0.2, 0.25) is 0 Å². The second-order valence-electron chi connectivity index (χ2n) is 5.12. The number of esters is 1. The highest BCUT2D eigenvalue weighted by Crippen LogP contribution is 2.32. The van der Waals surface area contributed by atoms with Crippen LogP contribution in [-0.4, -0.2) is 58.4 Å². The summed E-state index contributed by atoms with van der Waals surface area (Å²) >= 11 is 0. The van der Waals surface area contributed by atoms with Crippen molar-refractivity contribution in [2.75, 3.05) is 47.5 Å². The Balaban J connectivity index is 2.13.